The fourth-order valence-corrected chi connectivity index (χ4v) is 1.98. The van der Waals surface area contributed by atoms with E-state index in [9.17, 15) is 9.90 Å². The molecule has 0 amide bonds. The standard InChI is InChI=1S/C13H15N3O5/c1-20-9-4-3-8(7-10(9)21-2)12-11(13(18)19)14-15-16(12)5-6-17/h3-4,7,17H,5-6H2,1-2H3,(H,18,19). The summed E-state index contributed by atoms with van der Waals surface area (Å²) in [6, 6.07) is 4.98. The van der Waals surface area contributed by atoms with Crippen LogP contribution in [0.1, 0.15) is 10.5 Å². The quantitative estimate of drug-likeness (QED) is 0.805. The number of aliphatic hydroxyl groups excluding tert-OH is 1. The van der Waals surface area contributed by atoms with Gasteiger partial charge in [0.15, 0.2) is 17.2 Å². The molecule has 0 aliphatic rings. The molecule has 0 aliphatic heterocycles. The lowest BCUT2D eigenvalue weighted by Crippen LogP contribution is -2.07. The number of ether oxygens (including phenoxy) is 2. The van der Waals surface area contributed by atoms with Gasteiger partial charge < -0.3 is 19.7 Å². The summed E-state index contributed by atoms with van der Waals surface area (Å²) in [6.45, 7) is -0.0351. The molecule has 0 atom stereocenters. The number of methoxy groups -OCH3 is 2. The summed E-state index contributed by atoms with van der Waals surface area (Å²) in [7, 11) is 3.00. The van der Waals surface area contributed by atoms with E-state index in [1.165, 1.54) is 18.9 Å². The molecule has 8 nitrogen and oxygen atoms in total. The Bertz CT molecular complexity index is 653. The molecular formula is C13H15N3O5. The van der Waals surface area contributed by atoms with Gasteiger partial charge >= 0.3 is 5.97 Å². The molecule has 1 aromatic carbocycles. The molecule has 0 bridgehead atoms. The zero-order valence-corrected chi connectivity index (χ0v) is 11.6. The largest absolute Gasteiger partial charge is 0.493 e. The second kappa shape index (κ2) is 6.23. The van der Waals surface area contributed by atoms with Crippen molar-refractivity contribution in [3.8, 4) is 22.8 Å². The number of carboxylic acid groups (broad SMARTS) is 1. The molecule has 0 spiro atoms. The molecule has 0 radical (unpaired) electrons. The van der Waals surface area contributed by atoms with Gasteiger partial charge in [-0.3, -0.25) is 0 Å². The third-order valence-corrected chi connectivity index (χ3v) is 2.91. The Kier molecular flexibility index (Phi) is 4.39. The van der Waals surface area contributed by atoms with E-state index < -0.39 is 5.97 Å². The van der Waals surface area contributed by atoms with Gasteiger partial charge in [-0.05, 0) is 18.2 Å². The second-order valence-electron chi connectivity index (χ2n) is 4.11. The van der Waals surface area contributed by atoms with Gasteiger partial charge in [0.25, 0.3) is 0 Å². The van der Waals surface area contributed by atoms with Crippen LogP contribution in [0.3, 0.4) is 0 Å². The van der Waals surface area contributed by atoms with Crippen LogP contribution in [0.15, 0.2) is 18.2 Å². The molecule has 2 aromatic rings. The Labute approximate surface area is 120 Å². The Balaban J connectivity index is 2.59. The van der Waals surface area contributed by atoms with Crippen molar-refractivity contribution in [2.24, 2.45) is 0 Å². The normalized spacial score (nSPS) is 10.4. The minimum absolute atomic E-state index is 0.143. The lowest BCUT2D eigenvalue weighted by atomic mass is 10.1. The minimum atomic E-state index is -1.19. The van der Waals surface area contributed by atoms with E-state index in [1.807, 2.05) is 0 Å². The molecule has 2 rings (SSSR count). The number of aromatic nitrogens is 3. The van der Waals surface area contributed by atoms with Crippen LogP contribution in [0.5, 0.6) is 11.5 Å². The van der Waals surface area contributed by atoms with Gasteiger partial charge in [0.2, 0.25) is 0 Å². The maximum absolute atomic E-state index is 11.3. The maximum atomic E-state index is 11.3. The first kappa shape index (κ1) is 14.8. The highest BCUT2D eigenvalue weighted by Gasteiger charge is 2.21. The van der Waals surface area contributed by atoms with Crippen molar-refractivity contribution in [1.82, 2.24) is 15.0 Å². The number of hydrogen-bond donors (Lipinski definition) is 2. The van der Waals surface area contributed by atoms with E-state index in [0.717, 1.165) is 0 Å². The summed E-state index contributed by atoms with van der Waals surface area (Å²) in [5.41, 5.74) is 0.677. The van der Waals surface area contributed by atoms with Crippen molar-refractivity contribution in [1.29, 1.82) is 0 Å². The summed E-state index contributed by atoms with van der Waals surface area (Å²) in [6.07, 6.45) is 0. The summed E-state index contributed by atoms with van der Waals surface area (Å²) in [5.74, 6) is -0.202. The Morgan fingerprint density at radius 2 is 2.00 bits per heavy atom. The number of aromatic carboxylic acids is 1. The summed E-state index contributed by atoms with van der Waals surface area (Å²) in [5, 5.41) is 25.6. The predicted octanol–water partition coefficient (Wildman–Crippen LogP) is 0.653. The summed E-state index contributed by atoms with van der Waals surface area (Å²) in [4.78, 5) is 11.3. The molecule has 0 aliphatic carbocycles. The van der Waals surface area contributed by atoms with E-state index in [1.54, 1.807) is 18.2 Å². The van der Waals surface area contributed by atoms with Crippen LogP contribution in [-0.4, -0.2) is 52.0 Å². The van der Waals surface area contributed by atoms with Crippen molar-refractivity contribution >= 4 is 5.97 Å². The van der Waals surface area contributed by atoms with E-state index in [2.05, 4.69) is 10.3 Å². The first-order valence-electron chi connectivity index (χ1n) is 6.12. The highest BCUT2D eigenvalue weighted by Crippen LogP contribution is 2.33. The topological polar surface area (TPSA) is 107 Å². The Hall–Kier alpha value is -2.61. The number of benzene rings is 1. The molecule has 0 unspecified atom stereocenters. The van der Waals surface area contributed by atoms with E-state index >= 15 is 0 Å². The van der Waals surface area contributed by atoms with E-state index in [-0.39, 0.29) is 18.8 Å². The van der Waals surface area contributed by atoms with Crippen LogP contribution >= 0.6 is 0 Å². The molecule has 21 heavy (non-hydrogen) atoms. The fraction of sp³-hybridized carbons (Fsp3) is 0.308. The molecule has 8 heteroatoms. The number of nitrogens with zero attached hydrogens (tertiary/aromatic N) is 3. The Morgan fingerprint density at radius 1 is 1.29 bits per heavy atom. The SMILES string of the molecule is COc1ccc(-c2c(C(=O)O)nnn2CCO)cc1OC. The van der Waals surface area contributed by atoms with Gasteiger partial charge in [0.05, 0.1) is 27.4 Å². The first-order chi connectivity index (χ1) is 10.1. The second-order valence-corrected chi connectivity index (χ2v) is 4.11. The number of aliphatic hydroxyl groups is 1. The van der Waals surface area contributed by atoms with Crippen LogP contribution in [0.2, 0.25) is 0 Å². The van der Waals surface area contributed by atoms with Crippen molar-refractivity contribution < 1.29 is 24.5 Å². The highest BCUT2D eigenvalue weighted by molar-refractivity contribution is 5.92. The minimum Gasteiger partial charge on any atom is -0.493 e. The van der Waals surface area contributed by atoms with E-state index in [0.29, 0.717) is 22.8 Å². The molecule has 1 heterocycles. The van der Waals surface area contributed by atoms with E-state index in [4.69, 9.17) is 14.6 Å². The molecule has 2 N–H and O–H groups in total. The smallest absolute Gasteiger partial charge is 0.358 e. The summed E-state index contributed by atoms with van der Waals surface area (Å²) < 4.78 is 11.7. The van der Waals surface area contributed by atoms with Crippen molar-refractivity contribution in [3.05, 3.63) is 23.9 Å². The van der Waals surface area contributed by atoms with Crippen molar-refractivity contribution in [2.45, 2.75) is 6.54 Å². The molecule has 1 aromatic heterocycles. The van der Waals surface area contributed by atoms with Gasteiger partial charge in [0, 0.05) is 5.56 Å². The molecule has 112 valence electrons. The number of carboxylic acids is 1. The zero-order chi connectivity index (χ0) is 15.4. The van der Waals surface area contributed by atoms with Crippen molar-refractivity contribution in [2.75, 3.05) is 20.8 Å². The molecule has 0 fully saturated rings. The van der Waals surface area contributed by atoms with Crippen LogP contribution in [-0.2, 0) is 6.54 Å². The maximum Gasteiger partial charge on any atom is 0.358 e. The number of rotatable bonds is 6. The van der Waals surface area contributed by atoms with Crippen LogP contribution in [0, 0.1) is 0 Å². The van der Waals surface area contributed by atoms with Gasteiger partial charge in [-0.25, -0.2) is 9.48 Å². The number of carbonyl (C=O) groups is 1. The third kappa shape index (κ3) is 2.79. The number of hydrogen-bond acceptors (Lipinski definition) is 6. The lowest BCUT2D eigenvalue weighted by molar-refractivity contribution is 0.0691. The van der Waals surface area contributed by atoms with Crippen LogP contribution in [0.25, 0.3) is 11.3 Å². The highest BCUT2D eigenvalue weighted by atomic mass is 16.5. The van der Waals surface area contributed by atoms with Gasteiger partial charge in [-0.2, -0.15) is 0 Å². The molecular weight excluding hydrogens is 278 g/mol. The average molecular weight is 293 g/mol. The van der Waals surface area contributed by atoms with Gasteiger partial charge in [-0.15, -0.1) is 5.10 Å². The van der Waals surface area contributed by atoms with Crippen molar-refractivity contribution in [3.63, 3.8) is 0 Å². The molecule has 0 saturated heterocycles. The van der Waals surface area contributed by atoms with Gasteiger partial charge in [-0.1, -0.05) is 5.21 Å². The molecule has 0 saturated carbocycles. The van der Waals surface area contributed by atoms with Crippen LogP contribution < -0.4 is 9.47 Å². The zero-order valence-electron chi connectivity index (χ0n) is 11.6. The van der Waals surface area contributed by atoms with Crippen LogP contribution in [0.4, 0.5) is 0 Å². The summed E-state index contributed by atoms with van der Waals surface area (Å²) >= 11 is 0. The third-order valence-electron chi connectivity index (χ3n) is 2.91. The lowest BCUT2D eigenvalue weighted by Gasteiger charge is -2.11. The first-order valence-corrected chi connectivity index (χ1v) is 6.12. The van der Waals surface area contributed by atoms with Gasteiger partial charge in [0.1, 0.15) is 5.69 Å². The average Bonchev–Trinajstić information content (AvgIpc) is 2.91. The monoisotopic (exact) mass is 293 g/mol. The fourth-order valence-electron chi connectivity index (χ4n) is 1.98. The Morgan fingerprint density at radius 3 is 2.57 bits per heavy atom. The predicted molar refractivity (Wildman–Crippen MR) is 72.6 cm³/mol.